The van der Waals surface area contributed by atoms with Crippen molar-refractivity contribution in [2.75, 3.05) is 11.1 Å². The molecule has 0 spiro atoms. The van der Waals surface area contributed by atoms with Crippen LogP contribution in [0.3, 0.4) is 0 Å². The third kappa shape index (κ3) is 4.49. The van der Waals surface area contributed by atoms with Gasteiger partial charge in [-0.3, -0.25) is 4.79 Å². The van der Waals surface area contributed by atoms with E-state index >= 15 is 0 Å². The number of nitrogens with zero attached hydrogens (tertiary/aromatic N) is 2. The van der Waals surface area contributed by atoms with E-state index in [-0.39, 0.29) is 5.91 Å². The fraction of sp³-hybridized carbons (Fsp3) is 0.190. The number of anilines is 1. The van der Waals surface area contributed by atoms with Gasteiger partial charge in [0.1, 0.15) is 5.03 Å². The summed E-state index contributed by atoms with van der Waals surface area (Å²) in [4.78, 5) is 12.0. The lowest BCUT2D eigenvalue weighted by Crippen LogP contribution is -2.13. The summed E-state index contributed by atoms with van der Waals surface area (Å²) < 4.78 is 0. The highest BCUT2D eigenvalue weighted by Gasteiger charge is 2.09. The van der Waals surface area contributed by atoms with E-state index in [1.54, 1.807) is 0 Å². The van der Waals surface area contributed by atoms with Gasteiger partial charge in [0, 0.05) is 11.3 Å². The van der Waals surface area contributed by atoms with Gasteiger partial charge >= 0.3 is 0 Å². The van der Waals surface area contributed by atoms with Crippen molar-refractivity contribution in [2.24, 2.45) is 0 Å². The predicted octanol–water partition coefficient (Wildman–Crippen LogP) is 4.80. The summed E-state index contributed by atoms with van der Waals surface area (Å²) in [6.45, 7) is 6.29. The predicted molar refractivity (Wildman–Crippen MR) is 107 cm³/mol. The number of nitrogens with one attached hydrogen (secondary N) is 1. The Balaban J connectivity index is 1.63. The van der Waals surface area contributed by atoms with Crippen molar-refractivity contribution in [1.29, 1.82) is 0 Å². The quantitative estimate of drug-likeness (QED) is 0.662. The Labute approximate surface area is 158 Å². The molecule has 1 heterocycles. The maximum absolute atomic E-state index is 12.0. The topological polar surface area (TPSA) is 54.9 Å². The average molecular weight is 363 g/mol. The molecular formula is C21H21N3OS. The summed E-state index contributed by atoms with van der Waals surface area (Å²) in [6, 6.07) is 17.6. The van der Waals surface area contributed by atoms with Gasteiger partial charge in [0.2, 0.25) is 5.91 Å². The Morgan fingerprint density at radius 1 is 0.923 bits per heavy atom. The van der Waals surface area contributed by atoms with Crippen LogP contribution in [0.2, 0.25) is 0 Å². The maximum Gasteiger partial charge on any atom is 0.234 e. The second-order valence-corrected chi connectivity index (χ2v) is 7.21. The van der Waals surface area contributed by atoms with Crippen molar-refractivity contribution in [3.8, 4) is 11.3 Å². The number of benzene rings is 2. The summed E-state index contributed by atoms with van der Waals surface area (Å²) in [5.74, 6) is 0.239. The van der Waals surface area contributed by atoms with E-state index in [0.29, 0.717) is 5.75 Å². The third-order valence-electron chi connectivity index (χ3n) is 4.17. The van der Waals surface area contributed by atoms with Crippen LogP contribution in [0.15, 0.2) is 59.6 Å². The smallest absolute Gasteiger partial charge is 0.234 e. The average Bonchev–Trinajstić information content (AvgIpc) is 2.64. The van der Waals surface area contributed by atoms with Gasteiger partial charge in [0.05, 0.1) is 11.4 Å². The highest BCUT2D eigenvalue weighted by Crippen LogP contribution is 2.25. The molecule has 26 heavy (non-hydrogen) atoms. The highest BCUT2D eigenvalue weighted by molar-refractivity contribution is 7.99. The summed E-state index contributed by atoms with van der Waals surface area (Å²) in [6.07, 6.45) is 0. The van der Waals surface area contributed by atoms with E-state index in [9.17, 15) is 4.79 Å². The largest absolute Gasteiger partial charge is 0.325 e. The maximum atomic E-state index is 12.0. The molecule has 5 heteroatoms. The molecule has 0 radical (unpaired) electrons. The van der Waals surface area contributed by atoms with Gasteiger partial charge in [-0.25, -0.2) is 0 Å². The molecule has 0 saturated carbocycles. The van der Waals surface area contributed by atoms with Crippen LogP contribution >= 0.6 is 11.8 Å². The second kappa shape index (κ2) is 8.15. The molecule has 2 aromatic carbocycles. The van der Waals surface area contributed by atoms with Gasteiger partial charge < -0.3 is 5.32 Å². The van der Waals surface area contributed by atoms with Gasteiger partial charge in [-0.05, 0) is 67.8 Å². The number of hydrogen-bond donors (Lipinski definition) is 1. The van der Waals surface area contributed by atoms with Crippen LogP contribution in [0.1, 0.15) is 16.7 Å². The van der Waals surface area contributed by atoms with Crippen molar-refractivity contribution >= 4 is 23.4 Å². The molecule has 0 atom stereocenters. The van der Waals surface area contributed by atoms with E-state index in [4.69, 9.17) is 0 Å². The van der Waals surface area contributed by atoms with E-state index in [1.807, 2.05) is 42.5 Å². The zero-order valence-corrected chi connectivity index (χ0v) is 15.9. The fourth-order valence-corrected chi connectivity index (χ4v) is 3.25. The molecule has 1 N–H and O–H groups in total. The zero-order chi connectivity index (χ0) is 18.5. The molecule has 0 fully saturated rings. The van der Waals surface area contributed by atoms with Gasteiger partial charge in [-0.1, -0.05) is 36.0 Å². The van der Waals surface area contributed by atoms with Crippen LogP contribution in [0, 0.1) is 20.8 Å². The molecule has 1 amide bonds. The summed E-state index contributed by atoms with van der Waals surface area (Å²) in [7, 11) is 0. The van der Waals surface area contributed by atoms with E-state index in [1.165, 1.54) is 28.5 Å². The lowest BCUT2D eigenvalue weighted by molar-refractivity contribution is -0.113. The van der Waals surface area contributed by atoms with Crippen LogP contribution in [-0.4, -0.2) is 21.9 Å². The number of amides is 1. The summed E-state index contributed by atoms with van der Waals surface area (Å²) in [5.41, 5.74) is 6.44. The monoisotopic (exact) mass is 363 g/mol. The number of rotatable bonds is 5. The van der Waals surface area contributed by atoms with Crippen molar-refractivity contribution in [2.45, 2.75) is 25.8 Å². The highest BCUT2D eigenvalue weighted by atomic mass is 32.2. The van der Waals surface area contributed by atoms with Crippen LogP contribution in [0.25, 0.3) is 11.3 Å². The minimum Gasteiger partial charge on any atom is -0.325 e. The van der Waals surface area contributed by atoms with Crippen molar-refractivity contribution in [1.82, 2.24) is 10.2 Å². The number of carbonyl (C=O) groups excluding carboxylic acids is 1. The number of para-hydroxylation sites is 1. The van der Waals surface area contributed by atoms with Crippen LogP contribution in [0.4, 0.5) is 5.69 Å². The minimum atomic E-state index is -0.0583. The minimum absolute atomic E-state index is 0.0583. The Bertz CT molecular complexity index is 909. The van der Waals surface area contributed by atoms with Gasteiger partial charge in [0.15, 0.2) is 0 Å². The first-order valence-corrected chi connectivity index (χ1v) is 9.41. The first-order chi connectivity index (χ1) is 12.5. The van der Waals surface area contributed by atoms with Crippen LogP contribution in [0.5, 0.6) is 0 Å². The van der Waals surface area contributed by atoms with E-state index in [2.05, 4.69) is 48.4 Å². The molecule has 0 saturated heterocycles. The molecule has 3 rings (SSSR count). The molecule has 1 aromatic heterocycles. The number of carbonyl (C=O) groups is 1. The van der Waals surface area contributed by atoms with Gasteiger partial charge in [0.25, 0.3) is 0 Å². The van der Waals surface area contributed by atoms with Gasteiger partial charge in [-0.2, -0.15) is 0 Å². The second-order valence-electron chi connectivity index (χ2n) is 6.21. The summed E-state index contributed by atoms with van der Waals surface area (Å²) >= 11 is 1.38. The standard InChI is InChI=1S/C21H21N3OS/c1-14-11-16(3)18(12-15(14)2)19-9-10-21(24-23-19)26-13-20(25)22-17-7-5-4-6-8-17/h4-12H,13H2,1-3H3,(H,22,25). The molecule has 0 aliphatic rings. The molecule has 4 nitrogen and oxygen atoms in total. The molecule has 0 bridgehead atoms. The lowest BCUT2D eigenvalue weighted by atomic mass is 9.99. The van der Waals surface area contributed by atoms with Gasteiger partial charge in [-0.15, -0.1) is 10.2 Å². The van der Waals surface area contributed by atoms with Crippen molar-refractivity contribution in [3.63, 3.8) is 0 Å². The molecule has 3 aromatic rings. The van der Waals surface area contributed by atoms with Crippen LogP contribution < -0.4 is 5.32 Å². The Morgan fingerprint density at radius 2 is 1.65 bits per heavy atom. The first kappa shape index (κ1) is 18.1. The van der Waals surface area contributed by atoms with Crippen LogP contribution in [-0.2, 0) is 4.79 Å². The Hall–Kier alpha value is -2.66. The third-order valence-corrected chi connectivity index (χ3v) is 5.09. The van der Waals surface area contributed by atoms with E-state index in [0.717, 1.165) is 22.0 Å². The number of hydrogen-bond acceptors (Lipinski definition) is 4. The number of thioether (sulfide) groups is 1. The van der Waals surface area contributed by atoms with Crippen molar-refractivity contribution < 1.29 is 4.79 Å². The SMILES string of the molecule is Cc1cc(C)c(-c2ccc(SCC(=O)Nc3ccccc3)nn2)cc1C. The fourth-order valence-electron chi connectivity index (χ4n) is 2.64. The van der Waals surface area contributed by atoms with Crippen molar-refractivity contribution in [3.05, 3.63) is 71.3 Å². The molecule has 0 unspecified atom stereocenters. The Morgan fingerprint density at radius 3 is 2.35 bits per heavy atom. The zero-order valence-electron chi connectivity index (χ0n) is 15.1. The normalized spacial score (nSPS) is 10.6. The number of aryl methyl sites for hydroxylation is 3. The molecule has 132 valence electrons. The first-order valence-electron chi connectivity index (χ1n) is 8.42. The Kier molecular flexibility index (Phi) is 5.68. The molecule has 0 aliphatic heterocycles. The van der Waals surface area contributed by atoms with E-state index < -0.39 is 0 Å². The lowest BCUT2D eigenvalue weighted by Gasteiger charge is -2.09. The number of aromatic nitrogens is 2. The molecular weight excluding hydrogens is 342 g/mol. The molecule has 0 aliphatic carbocycles. The summed E-state index contributed by atoms with van der Waals surface area (Å²) in [5, 5.41) is 12.2.